The highest BCUT2D eigenvalue weighted by atomic mass is 32.2. The van der Waals surface area contributed by atoms with Crippen molar-refractivity contribution in [2.45, 2.75) is 6.92 Å². The van der Waals surface area contributed by atoms with E-state index in [2.05, 4.69) is 5.92 Å². The number of hydrogen-bond donors (Lipinski definition) is 1. The van der Waals surface area contributed by atoms with Crippen LogP contribution in [0.3, 0.4) is 0 Å². The number of anilines is 1. The van der Waals surface area contributed by atoms with Gasteiger partial charge >= 0.3 is 0 Å². The number of nitrogen functional groups attached to an aromatic ring is 1. The van der Waals surface area contributed by atoms with Gasteiger partial charge in [0.15, 0.2) is 0 Å². The van der Waals surface area contributed by atoms with Crippen LogP contribution in [-0.4, -0.2) is 38.2 Å². The van der Waals surface area contributed by atoms with Crippen LogP contribution in [-0.2, 0) is 10.0 Å². The zero-order valence-corrected chi connectivity index (χ0v) is 11.7. The molecule has 0 aliphatic heterocycles. The lowest BCUT2D eigenvalue weighted by atomic mass is 10.3. The van der Waals surface area contributed by atoms with Crippen molar-refractivity contribution in [3.63, 3.8) is 0 Å². The predicted octanol–water partition coefficient (Wildman–Crippen LogP) is 0.932. The van der Waals surface area contributed by atoms with Gasteiger partial charge in [0.25, 0.3) is 0 Å². The lowest BCUT2D eigenvalue weighted by Gasteiger charge is -2.17. The smallest absolute Gasteiger partial charge is 0.218 e. The van der Waals surface area contributed by atoms with Crippen molar-refractivity contribution in [2.24, 2.45) is 0 Å². The quantitative estimate of drug-likeness (QED) is 0.596. The molecule has 0 heterocycles. The van der Waals surface area contributed by atoms with E-state index in [0.29, 0.717) is 18.0 Å². The van der Waals surface area contributed by atoms with E-state index in [1.807, 2.05) is 0 Å². The lowest BCUT2D eigenvalue weighted by molar-refractivity contribution is 0.336. The Labute approximate surface area is 114 Å². The van der Waals surface area contributed by atoms with Crippen molar-refractivity contribution in [2.75, 3.05) is 31.2 Å². The number of ether oxygens (including phenoxy) is 1. The van der Waals surface area contributed by atoms with Crippen LogP contribution < -0.4 is 10.5 Å². The van der Waals surface area contributed by atoms with Gasteiger partial charge in [0, 0.05) is 18.3 Å². The van der Waals surface area contributed by atoms with Crippen molar-refractivity contribution in [3.05, 3.63) is 24.3 Å². The third-order valence-corrected chi connectivity index (χ3v) is 4.34. The van der Waals surface area contributed by atoms with Crippen LogP contribution >= 0.6 is 0 Å². The molecule has 0 saturated carbocycles. The Balaban J connectivity index is 2.54. The molecule has 1 aromatic rings. The van der Waals surface area contributed by atoms with E-state index in [4.69, 9.17) is 16.9 Å². The SMILES string of the molecule is C#CCN(CC)S(=O)(=O)CCOc1cccc(N)c1. The van der Waals surface area contributed by atoms with Crippen LogP contribution in [0.25, 0.3) is 0 Å². The molecule has 0 radical (unpaired) electrons. The fourth-order valence-corrected chi connectivity index (χ4v) is 2.72. The van der Waals surface area contributed by atoms with Crippen LogP contribution in [0.1, 0.15) is 6.92 Å². The van der Waals surface area contributed by atoms with Gasteiger partial charge in [0.05, 0.1) is 12.3 Å². The van der Waals surface area contributed by atoms with Gasteiger partial charge in [0.2, 0.25) is 10.0 Å². The third-order valence-electron chi connectivity index (χ3n) is 2.48. The lowest BCUT2D eigenvalue weighted by Crippen LogP contribution is -2.34. The fraction of sp³-hybridized carbons (Fsp3) is 0.385. The monoisotopic (exact) mass is 282 g/mol. The molecule has 19 heavy (non-hydrogen) atoms. The van der Waals surface area contributed by atoms with Crippen LogP contribution in [0.2, 0.25) is 0 Å². The van der Waals surface area contributed by atoms with E-state index >= 15 is 0 Å². The highest BCUT2D eigenvalue weighted by Crippen LogP contribution is 2.14. The standard InChI is InChI=1S/C13H18N2O3S/c1-3-8-15(4-2)19(16,17)10-9-18-13-7-5-6-12(14)11-13/h1,5-7,11H,4,8-10,14H2,2H3. The Morgan fingerprint density at radius 1 is 1.47 bits per heavy atom. The Hall–Kier alpha value is -1.71. The molecule has 1 rings (SSSR count). The first-order chi connectivity index (χ1) is 8.99. The average Bonchev–Trinajstić information content (AvgIpc) is 2.35. The molecule has 0 spiro atoms. The van der Waals surface area contributed by atoms with Crippen molar-refractivity contribution in [3.8, 4) is 18.1 Å². The van der Waals surface area contributed by atoms with Gasteiger partial charge < -0.3 is 10.5 Å². The third kappa shape index (κ3) is 4.81. The second-order valence-corrected chi connectivity index (χ2v) is 5.96. The molecule has 5 nitrogen and oxygen atoms in total. The summed E-state index contributed by atoms with van der Waals surface area (Å²) >= 11 is 0. The molecule has 0 aliphatic carbocycles. The van der Waals surface area contributed by atoms with Gasteiger partial charge in [-0.2, -0.15) is 4.31 Å². The zero-order valence-electron chi connectivity index (χ0n) is 10.9. The average molecular weight is 282 g/mol. The molecule has 0 atom stereocenters. The summed E-state index contributed by atoms with van der Waals surface area (Å²) in [5.41, 5.74) is 6.17. The van der Waals surface area contributed by atoms with Crippen LogP contribution in [0.5, 0.6) is 5.75 Å². The summed E-state index contributed by atoms with van der Waals surface area (Å²) in [7, 11) is -3.38. The Bertz CT molecular complexity index is 549. The summed E-state index contributed by atoms with van der Waals surface area (Å²) < 4.78 is 30.5. The number of rotatable bonds is 7. The van der Waals surface area contributed by atoms with Crippen molar-refractivity contribution in [1.29, 1.82) is 0 Å². The van der Waals surface area contributed by atoms with Crippen molar-refractivity contribution in [1.82, 2.24) is 4.31 Å². The molecular weight excluding hydrogens is 264 g/mol. The zero-order chi connectivity index (χ0) is 14.3. The van der Waals surface area contributed by atoms with E-state index in [1.165, 1.54) is 4.31 Å². The number of nitrogens with two attached hydrogens (primary N) is 1. The Morgan fingerprint density at radius 3 is 2.79 bits per heavy atom. The highest BCUT2D eigenvalue weighted by molar-refractivity contribution is 7.89. The van der Waals surface area contributed by atoms with E-state index < -0.39 is 10.0 Å². The number of sulfonamides is 1. The summed E-state index contributed by atoms with van der Waals surface area (Å²) in [4.78, 5) is 0. The summed E-state index contributed by atoms with van der Waals surface area (Å²) in [6, 6.07) is 6.85. The maximum Gasteiger partial charge on any atom is 0.218 e. The predicted molar refractivity (Wildman–Crippen MR) is 76.2 cm³/mol. The molecule has 1 aromatic carbocycles. The van der Waals surface area contributed by atoms with Gasteiger partial charge in [-0.25, -0.2) is 8.42 Å². The number of benzene rings is 1. The first-order valence-electron chi connectivity index (χ1n) is 5.89. The largest absolute Gasteiger partial charge is 0.492 e. The van der Waals surface area contributed by atoms with Crippen LogP contribution in [0.4, 0.5) is 5.69 Å². The molecule has 0 bridgehead atoms. The van der Waals surface area contributed by atoms with Gasteiger partial charge in [-0.15, -0.1) is 6.42 Å². The van der Waals surface area contributed by atoms with Gasteiger partial charge in [0.1, 0.15) is 12.4 Å². The Morgan fingerprint density at radius 2 is 2.21 bits per heavy atom. The maximum atomic E-state index is 11.9. The van der Waals surface area contributed by atoms with Crippen molar-refractivity contribution >= 4 is 15.7 Å². The molecule has 0 fully saturated rings. The summed E-state index contributed by atoms with van der Waals surface area (Å²) in [6.45, 7) is 2.24. The van der Waals surface area contributed by atoms with Gasteiger partial charge in [-0.3, -0.25) is 0 Å². The molecule has 0 aliphatic rings. The molecule has 6 heteroatoms. The van der Waals surface area contributed by atoms with Crippen molar-refractivity contribution < 1.29 is 13.2 Å². The fourth-order valence-electron chi connectivity index (χ4n) is 1.51. The highest BCUT2D eigenvalue weighted by Gasteiger charge is 2.19. The van der Waals surface area contributed by atoms with E-state index in [9.17, 15) is 8.42 Å². The minimum absolute atomic E-state index is 0.0624. The van der Waals surface area contributed by atoms with E-state index in [1.54, 1.807) is 31.2 Å². The first kappa shape index (κ1) is 15.3. The van der Waals surface area contributed by atoms with Gasteiger partial charge in [-0.05, 0) is 12.1 Å². The molecule has 0 saturated heterocycles. The normalized spacial score (nSPS) is 11.2. The number of terminal acetylenes is 1. The minimum atomic E-state index is -3.38. The van der Waals surface area contributed by atoms with E-state index in [0.717, 1.165) is 0 Å². The molecule has 2 N–H and O–H groups in total. The second kappa shape index (κ2) is 7.02. The molecule has 104 valence electrons. The van der Waals surface area contributed by atoms with Crippen LogP contribution in [0.15, 0.2) is 24.3 Å². The maximum absolute atomic E-state index is 11.9. The van der Waals surface area contributed by atoms with E-state index in [-0.39, 0.29) is 18.9 Å². The first-order valence-corrected chi connectivity index (χ1v) is 7.50. The molecule has 0 amide bonds. The topological polar surface area (TPSA) is 72.6 Å². The molecule has 0 unspecified atom stereocenters. The summed E-state index contributed by atoms with van der Waals surface area (Å²) in [5, 5.41) is 0. The second-order valence-electron chi connectivity index (χ2n) is 3.87. The number of hydrogen-bond acceptors (Lipinski definition) is 4. The Kier molecular flexibility index (Phi) is 5.67. The number of nitrogens with zero attached hydrogens (tertiary/aromatic N) is 1. The minimum Gasteiger partial charge on any atom is -0.492 e. The van der Waals surface area contributed by atoms with Crippen LogP contribution in [0, 0.1) is 12.3 Å². The van der Waals surface area contributed by atoms with Gasteiger partial charge in [-0.1, -0.05) is 18.9 Å². The molecular formula is C13H18N2O3S. The molecule has 0 aromatic heterocycles. The summed E-state index contributed by atoms with van der Waals surface area (Å²) in [6.07, 6.45) is 5.14. The summed E-state index contributed by atoms with van der Waals surface area (Å²) in [5.74, 6) is 2.77.